The Morgan fingerprint density at radius 2 is 2.07 bits per heavy atom. The summed E-state index contributed by atoms with van der Waals surface area (Å²) < 4.78 is 0. The number of aliphatic carboxylic acids is 2. The predicted molar refractivity (Wildman–Crippen MR) is 53.2 cm³/mol. The molecule has 0 saturated heterocycles. The molecule has 1 fully saturated rings. The van der Waals surface area contributed by atoms with Crippen LogP contribution in [0.25, 0.3) is 0 Å². The van der Waals surface area contributed by atoms with Gasteiger partial charge in [0.1, 0.15) is 6.04 Å². The van der Waals surface area contributed by atoms with Crippen LogP contribution in [-0.2, 0) is 9.59 Å². The van der Waals surface area contributed by atoms with Crippen LogP contribution >= 0.6 is 0 Å². The molecule has 1 saturated carbocycles. The number of carboxylic acid groups (broad SMARTS) is 2. The number of allylic oxidation sites excluding steroid dienone is 1. The lowest BCUT2D eigenvalue weighted by molar-refractivity contribution is -0.147. The van der Waals surface area contributed by atoms with E-state index in [9.17, 15) is 9.59 Å². The first-order valence-corrected chi connectivity index (χ1v) is 4.81. The summed E-state index contributed by atoms with van der Waals surface area (Å²) in [6.45, 7) is 3.76. The van der Waals surface area contributed by atoms with Crippen LogP contribution in [0.15, 0.2) is 12.2 Å². The van der Waals surface area contributed by atoms with Crippen LogP contribution in [-0.4, -0.2) is 28.2 Å². The monoisotopic (exact) mass is 213 g/mol. The molecule has 0 aliphatic heterocycles. The van der Waals surface area contributed by atoms with Crippen molar-refractivity contribution < 1.29 is 19.8 Å². The number of carbonyl (C=O) groups is 2. The molecule has 0 amide bonds. The van der Waals surface area contributed by atoms with Crippen molar-refractivity contribution in [3.8, 4) is 0 Å². The van der Waals surface area contributed by atoms with E-state index in [0.29, 0.717) is 19.3 Å². The minimum atomic E-state index is -1.15. The summed E-state index contributed by atoms with van der Waals surface area (Å²) in [5, 5.41) is 17.7. The van der Waals surface area contributed by atoms with Gasteiger partial charge in [0.25, 0.3) is 0 Å². The van der Waals surface area contributed by atoms with Gasteiger partial charge in [0.05, 0.1) is 5.92 Å². The number of hydrogen-bond acceptors (Lipinski definition) is 3. The number of carboxylic acids is 2. The SMILES string of the molecule is C=C1CCC(C(=O)O)C(C(N)C(=O)O)C1. The summed E-state index contributed by atoms with van der Waals surface area (Å²) in [5.41, 5.74) is 6.36. The van der Waals surface area contributed by atoms with E-state index >= 15 is 0 Å². The van der Waals surface area contributed by atoms with Gasteiger partial charge >= 0.3 is 11.9 Å². The van der Waals surface area contributed by atoms with Crippen LogP contribution < -0.4 is 5.73 Å². The van der Waals surface area contributed by atoms with E-state index in [-0.39, 0.29) is 0 Å². The highest BCUT2D eigenvalue weighted by Gasteiger charge is 2.38. The highest BCUT2D eigenvalue weighted by Crippen LogP contribution is 2.34. The average Bonchev–Trinajstić information content (AvgIpc) is 2.15. The van der Waals surface area contributed by atoms with E-state index in [4.69, 9.17) is 15.9 Å². The summed E-state index contributed by atoms with van der Waals surface area (Å²) in [4.78, 5) is 21.6. The Hall–Kier alpha value is -1.36. The van der Waals surface area contributed by atoms with Crippen molar-refractivity contribution in [2.45, 2.75) is 25.3 Å². The molecule has 1 aliphatic carbocycles. The van der Waals surface area contributed by atoms with Crippen LogP contribution in [0, 0.1) is 11.8 Å². The van der Waals surface area contributed by atoms with E-state index in [0.717, 1.165) is 5.57 Å². The molecule has 0 radical (unpaired) electrons. The summed E-state index contributed by atoms with van der Waals surface area (Å²) in [5.74, 6) is -3.33. The molecule has 1 rings (SSSR count). The second-order valence-electron chi connectivity index (χ2n) is 3.97. The number of nitrogens with two attached hydrogens (primary N) is 1. The molecular formula is C10H15NO4. The summed E-state index contributed by atoms with van der Waals surface area (Å²) >= 11 is 0. The topological polar surface area (TPSA) is 101 Å². The second kappa shape index (κ2) is 4.44. The maximum atomic E-state index is 10.9. The molecule has 4 N–H and O–H groups in total. The Morgan fingerprint density at radius 3 is 2.53 bits per heavy atom. The van der Waals surface area contributed by atoms with Crippen molar-refractivity contribution in [1.29, 1.82) is 0 Å². The first-order valence-electron chi connectivity index (χ1n) is 4.81. The Labute approximate surface area is 87.6 Å². The van der Waals surface area contributed by atoms with Crippen LogP contribution in [0.2, 0.25) is 0 Å². The van der Waals surface area contributed by atoms with Gasteiger partial charge in [0.2, 0.25) is 0 Å². The molecule has 84 valence electrons. The number of hydrogen-bond donors (Lipinski definition) is 3. The fourth-order valence-electron chi connectivity index (χ4n) is 2.02. The third kappa shape index (κ3) is 2.56. The standard InChI is InChI=1S/C10H15NO4/c1-5-2-3-6(9(12)13)7(4-5)8(11)10(14)15/h6-8H,1-4,11H2,(H,12,13)(H,14,15). The van der Waals surface area contributed by atoms with Crippen molar-refractivity contribution in [2.24, 2.45) is 17.6 Å². The van der Waals surface area contributed by atoms with Gasteiger partial charge in [-0.25, -0.2) is 0 Å². The van der Waals surface area contributed by atoms with Gasteiger partial charge in [0.15, 0.2) is 0 Å². The highest BCUT2D eigenvalue weighted by molar-refractivity contribution is 5.77. The van der Waals surface area contributed by atoms with Crippen molar-refractivity contribution >= 4 is 11.9 Å². The van der Waals surface area contributed by atoms with Crippen molar-refractivity contribution in [1.82, 2.24) is 0 Å². The van der Waals surface area contributed by atoms with Crippen LogP contribution in [0.3, 0.4) is 0 Å². The smallest absolute Gasteiger partial charge is 0.320 e. The highest BCUT2D eigenvalue weighted by atomic mass is 16.4. The van der Waals surface area contributed by atoms with Gasteiger partial charge in [-0.05, 0) is 19.3 Å². The van der Waals surface area contributed by atoms with Crippen molar-refractivity contribution in [3.63, 3.8) is 0 Å². The average molecular weight is 213 g/mol. The van der Waals surface area contributed by atoms with Crippen molar-refractivity contribution in [3.05, 3.63) is 12.2 Å². The summed E-state index contributed by atoms with van der Waals surface area (Å²) in [7, 11) is 0. The van der Waals surface area contributed by atoms with E-state index in [1.807, 2.05) is 0 Å². The maximum absolute atomic E-state index is 10.9. The zero-order valence-electron chi connectivity index (χ0n) is 8.35. The van der Waals surface area contributed by atoms with Gasteiger partial charge in [-0.2, -0.15) is 0 Å². The third-order valence-electron chi connectivity index (χ3n) is 2.91. The van der Waals surface area contributed by atoms with E-state index < -0.39 is 29.8 Å². The molecule has 3 atom stereocenters. The molecule has 0 aromatic rings. The van der Waals surface area contributed by atoms with Gasteiger partial charge in [-0.1, -0.05) is 12.2 Å². The lowest BCUT2D eigenvalue weighted by atomic mass is 9.74. The molecule has 15 heavy (non-hydrogen) atoms. The van der Waals surface area contributed by atoms with Gasteiger partial charge in [-0.3, -0.25) is 9.59 Å². The predicted octanol–water partition coefficient (Wildman–Crippen LogP) is 0.455. The van der Waals surface area contributed by atoms with E-state index in [1.165, 1.54) is 0 Å². The van der Waals surface area contributed by atoms with Gasteiger partial charge in [-0.15, -0.1) is 0 Å². The fraction of sp³-hybridized carbons (Fsp3) is 0.600. The first-order chi connectivity index (χ1) is 6.93. The molecule has 1 aliphatic rings. The van der Waals surface area contributed by atoms with Gasteiger partial charge in [0, 0.05) is 5.92 Å². The van der Waals surface area contributed by atoms with Crippen molar-refractivity contribution in [2.75, 3.05) is 0 Å². The number of rotatable bonds is 3. The van der Waals surface area contributed by atoms with Crippen LogP contribution in [0.1, 0.15) is 19.3 Å². The zero-order valence-corrected chi connectivity index (χ0v) is 8.35. The first kappa shape index (κ1) is 11.7. The molecule has 5 heteroatoms. The molecule has 0 aromatic heterocycles. The Kier molecular flexibility index (Phi) is 3.47. The summed E-state index contributed by atoms with van der Waals surface area (Å²) in [6, 6.07) is -1.12. The Balaban J connectivity index is 2.83. The lowest BCUT2D eigenvalue weighted by Crippen LogP contribution is -2.45. The molecule has 0 bridgehead atoms. The van der Waals surface area contributed by atoms with E-state index in [1.54, 1.807) is 0 Å². The molecular weight excluding hydrogens is 198 g/mol. The Morgan fingerprint density at radius 1 is 1.47 bits per heavy atom. The van der Waals surface area contributed by atoms with Crippen LogP contribution in [0.4, 0.5) is 0 Å². The second-order valence-corrected chi connectivity index (χ2v) is 3.97. The fourth-order valence-corrected chi connectivity index (χ4v) is 2.02. The van der Waals surface area contributed by atoms with Gasteiger partial charge < -0.3 is 15.9 Å². The quantitative estimate of drug-likeness (QED) is 0.591. The molecule has 0 spiro atoms. The zero-order chi connectivity index (χ0) is 11.6. The minimum absolute atomic E-state index is 0.393. The largest absolute Gasteiger partial charge is 0.481 e. The van der Waals surface area contributed by atoms with Crippen LogP contribution in [0.5, 0.6) is 0 Å². The van der Waals surface area contributed by atoms with E-state index in [2.05, 4.69) is 6.58 Å². The lowest BCUT2D eigenvalue weighted by Gasteiger charge is -2.32. The molecule has 0 heterocycles. The molecule has 3 unspecified atom stereocenters. The molecule has 5 nitrogen and oxygen atoms in total. The normalized spacial score (nSPS) is 28.5. The Bertz CT molecular complexity index is 298. The minimum Gasteiger partial charge on any atom is -0.481 e. The third-order valence-corrected chi connectivity index (χ3v) is 2.91. The maximum Gasteiger partial charge on any atom is 0.320 e. The molecule has 0 aromatic carbocycles. The summed E-state index contributed by atoms with van der Waals surface area (Å²) in [6.07, 6.45) is 1.46.